The molecule has 2 rings (SSSR count). The molecular weight excluding hydrogens is 286 g/mol. The van der Waals surface area contributed by atoms with Gasteiger partial charge in [-0.15, -0.1) is 0 Å². The van der Waals surface area contributed by atoms with Crippen LogP contribution in [0.1, 0.15) is 32.3 Å². The minimum atomic E-state index is -0.406. The van der Waals surface area contributed by atoms with Gasteiger partial charge >= 0.3 is 0 Å². The Kier molecular flexibility index (Phi) is 5.02. The van der Waals surface area contributed by atoms with Crippen LogP contribution >= 0.6 is 11.6 Å². The van der Waals surface area contributed by atoms with Crippen LogP contribution < -0.4 is 5.32 Å². The third-order valence-electron chi connectivity index (χ3n) is 3.40. The van der Waals surface area contributed by atoms with Gasteiger partial charge in [0.25, 0.3) is 0 Å². The van der Waals surface area contributed by atoms with Gasteiger partial charge in [0.15, 0.2) is 0 Å². The zero-order valence-corrected chi connectivity index (χ0v) is 13.1. The third kappa shape index (κ3) is 4.60. The fourth-order valence-corrected chi connectivity index (χ4v) is 2.32. The van der Waals surface area contributed by atoms with Gasteiger partial charge in [-0.05, 0) is 38.0 Å². The normalized spacial score (nSPS) is 11.4. The number of aromatic nitrogens is 2. The molecule has 0 aliphatic heterocycles. The number of benzene rings is 1. The lowest BCUT2D eigenvalue weighted by molar-refractivity contribution is -0.122. The summed E-state index contributed by atoms with van der Waals surface area (Å²) in [6.45, 7) is 4.78. The summed E-state index contributed by atoms with van der Waals surface area (Å²) in [5.41, 5.74) is 0.631. The SMILES string of the molecule is CC(C)(NC(=O)CCCn1ccnc1)c1ccc(Cl)cc1. The molecule has 0 unspecified atom stereocenters. The van der Waals surface area contributed by atoms with E-state index in [1.807, 2.05) is 48.9 Å². The van der Waals surface area contributed by atoms with E-state index in [-0.39, 0.29) is 5.91 Å². The van der Waals surface area contributed by atoms with Crippen molar-refractivity contribution in [2.45, 2.75) is 38.8 Å². The number of carbonyl (C=O) groups excluding carboxylic acids is 1. The van der Waals surface area contributed by atoms with Crippen molar-refractivity contribution in [1.82, 2.24) is 14.9 Å². The van der Waals surface area contributed by atoms with E-state index in [1.165, 1.54) is 0 Å². The van der Waals surface area contributed by atoms with Crippen molar-refractivity contribution in [2.75, 3.05) is 0 Å². The Bertz CT molecular complexity index is 576. The minimum Gasteiger partial charge on any atom is -0.347 e. The number of nitrogens with zero attached hydrogens (tertiary/aromatic N) is 2. The Hall–Kier alpha value is -1.81. The quantitative estimate of drug-likeness (QED) is 0.889. The van der Waals surface area contributed by atoms with Crippen molar-refractivity contribution in [3.05, 3.63) is 53.6 Å². The van der Waals surface area contributed by atoms with Crippen molar-refractivity contribution >= 4 is 17.5 Å². The first-order chi connectivity index (χ1) is 9.97. The number of nitrogens with one attached hydrogen (secondary N) is 1. The van der Waals surface area contributed by atoms with E-state index >= 15 is 0 Å². The summed E-state index contributed by atoms with van der Waals surface area (Å²) >= 11 is 5.89. The van der Waals surface area contributed by atoms with Gasteiger partial charge in [0.05, 0.1) is 11.9 Å². The smallest absolute Gasteiger partial charge is 0.220 e. The molecule has 1 N–H and O–H groups in total. The van der Waals surface area contributed by atoms with Crippen molar-refractivity contribution < 1.29 is 4.79 Å². The van der Waals surface area contributed by atoms with E-state index < -0.39 is 5.54 Å². The van der Waals surface area contributed by atoms with Crippen molar-refractivity contribution in [3.8, 4) is 0 Å². The van der Waals surface area contributed by atoms with E-state index in [2.05, 4.69) is 10.3 Å². The van der Waals surface area contributed by atoms with Crippen LogP contribution in [-0.4, -0.2) is 15.5 Å². The summed E-state index contributed by atoms with van der Waals surface area (Å²) in [4.78, 5) is 16.0. The number of hydrogen-bond donors (Lipinski definition) is 1. The van der Waals surface area contributed by atoms with Crippen molar-refractivity contribution in [3.63, 3.8) is 0 Å². The van der Waals surface area contributed by atoms with Crippen LogP contribution in [0.25, 0.3) is 0 Å². The lowest BCUT2D eigenvalue weighted by atomic mass is 9.94. The maximum absolute atomic E-state index is 12.1. The Labute approximate surface area is 130 Å². The molecule has 1 amide bonds. The summed E-state index contributed by atoms with van der Waals surface area (Å²) in [7, 11) is 0. The van der Waals surface area contributed by atoms with Gasteiger partial charge in [-0.25, -0.2) is 4.98 Å². The summed E-state index contributed by atoms with van der Waals surface area (Å²) in [6.07, 6.45) is 6.68. The number of hydrogen-bond acceptors (Lipinski definition) is 2. The van der Waals surface area contributed by atoms with Crippen molar-refractivity contribution in [1.29, 1.82) is 0 Å². The van der Waals surface area contributed by atoms with E-state index in [1.54, 1.807) is 12.5 Å². The predicted molar refractivity (Wildman–Crippen MR) is 84.1 cm³/mol. The first kappa shape index (κ1) is 15.6. The molecule has 1 aromatic heterocycles. The van der Waals surface area contributed by atoms with Crippen LogP contribution in [0.4, 0.5) is 0 Å². The molecule has 0 radical (unpaired) electrons. The van der Waals surface area contributed by atoms with E-state index in [0.29, 0.717) is 11.4 Å². The molecule has 0 aliphatic carbocycles. The van der Waals surface area contributed by atoms with E-state index in [0.717, 1.165) is 18.5 Å². The van der Waals surface area contributed by atoms with Gasteiger partial charge in [-0.1, -0.05) is 23.7 Å². The predicted octanol–water partition coefficient (Wildman–Crippen LogP) is 3.37. The largest absolute Gasteiger partial charge is 0.347 e. The van der Waals surface area contributed by atoms with Crippen LogP contribution in [0.5, 0.6) is 0 Å². The van der Waals surface area contributed by atoms with Crippen LogP contribution in [0.2, 0.25) is 5.02 Å². The standard InChI is InChI=1S/C16H20ClN3O/c1-16(2,13-5-7-14(17)8-6-13)19-15(21)4-3-10-20-11-9-18-12-20/h5-9,11-12H,3-4,10H2,1-2H3,(H,19,21). The molecule has 0 saturated carbocycles. The average Bonchev–Trinajstić information content (AvgIpc) is 2.92. The molecule has 0 bridgehead atoms. The minimum absolute atomic E-state index is 0.0510. The van der Waals surface area contributed by atoms with Gasteiger partial charge in [0.1, 0.15) is 0 Å². The molecule has 0 fully saturated rings. The third-order valence-corrected chi connectivity index (χ3v) is 3.65. The second kappa shape index (κ2) is 6.76. The Balaban J connectivity index is 1.84. The topological polar surface area (TPSA) is 46.9 Å². The second-order valence-electron chi connectivity index (χ2n) is 5.58. The van der Waals surface area contributed by atoms with Gasteiger partial charge < -0.3 is 9.88 Å². The van der Waals surface area contributed by atoms with Gasteiger partial charge in [-0.3, -0.25) is 4.79 Å². The summed E-state index contributed by atoms with van der Waals surface area (Å²) < 4.78 is 1.97. The Morgan fingerprint density at radius 1 is 1.33 bits per heavy atom. The lowest BCUT2D eigenvalue weighted by Crippen LogP contribution is -2.40. The van der Waals surface area contributed by atoms with E-state index in [4.69, 9.17) is 11.6 Å². The van der Waals surface area contributed by atoms with Crippen LogP contribution in [-0.2, 0) is 16.9 Å². The van der Waals surface area contributed by atoms with Crippen LogP contribution in [0, 0.1) is 0 Å². The highest BCUT2D eigenvalue weighted by Crippen LogP contribution is 2.22. The zero-order chi connectivity index (χ0) is 15.3. The monoisotopic (exact) mass is 305 g/mol. The molecule has 5 heteroatoms. The van der Waals surface area contributed by atoms with E-state index in [9.17, 15) is 4.79 Å². The number of amides is 1. The molecule has 0 atom stereocenters. The second-order valence-corrected chi connectivity index (χ2v) is 6.02. The molecule has 0 aliphatic rings. The van der Waals surface area contributed by atoms with Crippen molar-refractivity contribution in [2.24, 2.45) is 0 Å². The average molecular weight is 306 g/mol. The van der Waals surface area contributed by atoms with Crippen LogP contribution in [0.3, 0.4) is 0 Å². The number of halogens is 1. The highest BCUT2D eigenvalue weighted by Gasteiger charge is 2.22. The number of aryl methyl sites for hydroxylation is 1. The molecular formula is C16H20ClN3O. The Morgan fingerprint density at radius 3 is 2.67 bits per heavy atom. The molecule has 21 heavy (non-hydrogen) atoms. The Morgan fingerprint density at radius 2 is 2.05 bits per heavy atom. The molecule has 0 saturated heterocycles. The first-order valence-electron chi connectivity index (χ1n) is 7.00. The zero-order valence-electron chi connectivity index (χ0n) is 12.3. The van der Waals surface area contributed by atoms with Crippen LogP contribution in [0.15, 0.2) is 43.0 Å². The number of imidazole rings is 1. The molecule has 4 nitrogen and oxygen atoms in total. The number of rotatable bonds is 6. The maximum atomic E-state index is 12.1. The lowest BCUT2D eigenvalue weighted by Gasteiger charge is -2.27. The fraction of sp³-hybridized carbons (Fsp3) is 0.375. The summed E-state index contributed by atoms with van der Waals surface area (Å²) in [5, 5.41) is 3.76. The van der Waals surface area contributed by atoms with Gasteiger partial charge in [0, 0.05) is 30.4 Å². The first-order valence-corrected chi connectivity index (χ1v) is 7.38. The molecule has 0 spiro atoms. The molecule has 2 aromatic rings. The highest BCUT2D eigenvalue weighted by atomic mass is 35.5. The fourth-order valence-electron chi connectivity index (χ4n) is 2.19. The highest BCUT2D eigenvalue weighted by molar-refractivity contribution is 6.30. The molecule has 1 aromatic carbocycles. The maximum Gasteiger partial charge on any atom is 0.220 e. The summed E-state index contributed by atoms with van der Waals surface area (Å²) in [6, 6.07) is 7.55. The summed E-state index contributed by atoms with van der Waals surface area (Å²) in [5.74, 6) is 0.0510. The molecule has 112 valence electrons. The van der Waals surface area contributed by atoms with Gasteiger partial charge in [-0.2, -0.15) is 0 Å². The van der Waals surface area contributed by atoms with Gasteiger partial charge in [0.2, 0.25) is 5.91 Å². The molecule has 1 heterocycles. The number of carbonyl (C=O) groups is 1.